The summed E-state index contributed by atoms with van der Waals surface area (Å²) in [5.41, 5.74) is 1.96. The lowest BCUT2D eigenvalue weighted by atomic mass is 10.0. The van der Waals surface area contributed by atoms with Gasteiger partial charge in [0.05, 0.1) is 12.0 Å². The maximum absolute atomic E-state index is 13.4. The minimum Gasteiger partial charge on any atom is -0.351 e. The number of amides is 1. The number of piperazine rings is 1. The second-order valence-electron chi connectivity index (χ2n) is 8.27. The SMILES string of the molecule is CCCC[C@H]1CN(C(=O)c2cccc3ccccc23)CCN1CCCc1c[nH]cn1. The van der Waals surface area contributed by atoms with Gasteiger partial charge in [0.2, 0.25) is 0 Å². The third-order valence-electron chi connectivity index (χ3n) is 6.24. The number of hydrogen-bond acceptors (Lipinski definition) is 3. The number of aryl methyl sites for hydroxylation is 1. The Kier molecular flexibility index (Phi) is 6.80. The quantitative estimate of drug-likeness (QED) is 0.601. The number of benzene rings is 2. The van der Waals surface area contributed by atoms with Gasteiger partial charge in [0.15, 0.2) is 0 Å². The van der Waals surface area contributed by atoms with Gasteiger partial charge in [-0.2, -0.15) is 0 Å². The average Bonchev–Trinajstić information content (AvgIpc) is 3.31. The van der Waals surface area contributed by atoms with Crippen LogP contribution in [0.1, 0.15) is 48.7 Å². The highest BCUT2D eigenvalue weighted by Crippen LogP contribution is 2.23. The molecule has 5 nitrogen and oxygen atoms in total. The monoisotopic (exact) mass is 404 g/mol. The molecule has 1 fully saturated rings. The molecule has 0 unspecified atom stereocenters. The standard InChI is InChI=1S/C25H32N4O/c1-2-3-11-22-18-29(16-15-28(22)14-7-10-21-17-26-19-27-21)25(30)24-13-6-9-20-8-4-5-12-23(20)24/h4-6,8-9,12-13,17,19,22H,2-3,7,10-11,14-16,18H2,1H3,(H,26,27)/t22-/m0/s1. The van der Waals surface area contributed by atoms with Crippen LogP contribution in [0, 0.1) is 0 Å². The van der Waals surface area contributed by atoms with E-state index in [4.69, 9.17) is 0 Å². The Hall–Kier alpha value is -2.66. The van der Waals surface area contributed by atoms with E-state index < -0.39 is 0 Å². The molecule has 0 bridgehead atoms. The Morgan fingerprint density at radius 3 is 2.83 bits per heavy atom. The molecule has 1 N–H and O–H groups in total. The number of imidazole rings is 1. The lowest BCUT2D eigenvalue weighted by molar-refractivity contribution is 0.0458. The van der Waals surface area contributed by atoms with E-state index in [0.717, 1.165) is 67.5 Å². The fraction of sp³-hybridized carbons (Fsp3) is 0.440. The van der Waals surface area contributed by atoms with Gasteiger partial charge in [0, 0.05) is 37.4 Å². The molecular formula is C25H32N4O. The van der Waals surface area contributed by atoms with E-state index in [1.54, 1.807) is 6.33 Å². The summed E-state index contributed by atoms with van der Waals surface area (Å²) in [5, 5.41) is 2.18. The zero-order valence-corrected chi connectivity index (χ0v) is 17.9. The van der Waals surface area contributed by atoms with Crippen LogP contribution in [-0.2, 0) is 6.42 Å². The normalized spacial score (nSPS) is 17.5. The Labute approximate surface area is 179 Å². The van der Waals surface area contributed by atoms with Crippen molar-refractivity contribution in [2.75, 3.05) is 26.2 Å². The summed E-state index contributed by atoms with van der Waals surface area (Å²) >= 11 is 0. The maximum Gasteiger partial charge on any atom is 0.254 e. The van der Waals surface area contributed by atoms with Gasteiger partial charge in [-0.1, -0.05) is 56.2 Å². The van der Waals surface area contributed by atoms with E-state index in [9.17, 15) is 4.79 Å². The van der Waals surface area contributed by atoms with Crippen LogP contribution in [0.5, 0.6) is 0 Å². The molecule has 4 rings (SSSR count). The first-order chi connectivity index (χ1) is 14.8. The highest BCUT2D eigenvalue weighted by molar-refractivity contribution is 6.07. The Morgan fingerprint density at radius 1 is 1.13 bits per heavy atom. The van der Waals surface area contributed by atoms with Gasteiger partial charge in [-0.15, -0.1) is 0 Å². The van der Waals surface area contributed by atoms with E-state index >= 15 is 0 Å². The van der Waals surface area contributed by atoms with E-state index in [0.29, 0.717) is 6.04 Å². The summed E-state index contributed by atoms with van der Waals surface area (Å²) in [5.74, 6) is 0.171. The first-order valence-electron chi connectivity index (χ1n) is 11.2. The summed E-state index contributed by atoms with van der Waals surface area (Å²) in [4.78, 5) is 25.4. The molecule has 158 valence electrons. The number of fused-ring (bicyclic) bond motifs is 1. The molecule has 5 heteroatoms. The number of H-pyrrole nitrogens is 1. The number of rotatable bonds is 8. The van der Waals surface area contributed by atoms with Gasteiger partial charge in [0.1, 0.15) is 0 Å². The van der Waals surface area contributed by atoms with Crippen LogP contribution in [-0.4, -0.2) is 57.9 Å². The summed E-state index contributed by atoms with van der Waals surface area (Å²) < 4.78 is 0. The minimum absolute atomic E-state index is 0.171. The molecule has 1 aromatic heterocycles. The summed E-state index contributed by atoms with van der Waals surface area (Å²) in [6, 6.07) is 14.7. The lowest BCUT2D eigenvalue weighted by Crippen LogP contribution is -2.54. The van der Waals surface area contributed by atoms with Gasteiger partial charge in [0.25, 0.3) is 5.91 Å². The number of hydrogen-bond donors (Lipinski definition) is 1. The Bertz CT molecular complexity index is 947. The van der Waals surface area contributed by atoms with Crippen LogP contribution in [0.25, 0.3) is 10.8 Å². The molecule has 0 spiro atoms. The molecule has 0 radical (unpaired) electrons. The molecule has 0 saturated carbocycles. The molecular weight excluding hydrogens is 372 g/mol. The predicted molar refractivity (Wildman–Crippen MR) is 122 cm³/mol. The number of nitrogens with one attached hydrogen (secondary N) is 1. The summed E-state index contributed by atoms with van der Waals surface area (Å²) in [6.45, 7) is 5.88. The smallest absolute Gasteiger partial charge is 0.254 e. The van der Waals surface area contributed by atoms with Crippen LogP contribution >= 0.6 is 0 Å². The molecule has 1 amide bonds. The molecule has 1 aliphatic rings. The lowest BCUT2D eigenvalue weighted by Gasteiger charge is -2.42. The van der Waals surface area contributed by atoms with Gasteiger partial charge in [-0.3, -0.25) is 9.69 Å². The van der Waals surface area contributed by atoms with Crippen molar-refractivity contribution in [3.05, 3.63) is 66.2 Å². The molecule has 0 aliphatic carbocycles. The van der Waals surface area contributed by atoms with Crippen molar-refractivity contribution in [1.82, 2.24) is 19.8 Å². The van der Waals surface area contributed by atoms with Gasteiger partial charge >= 0.3 is 0 Å². The minimum atomic E-state index is 0.171. The van der Waals surface area contributed by atoms with Crippen molar-refractivity contribution in [1.29, 1.82) is 0 Å². The molecule has 1 saturated heterocycles. The average molecular weight is 405 g/mol. The summed E-state index contributed by atoms with van der Waals surface area (Å²) in [6.07, 6.45) is 9.38. The zero-order chi connectivity index (χ0) is 20.8. The highest BCUT2D eigenvalue weighted by atomic mass is 16.2. The largest absolute Gasteiger partial charge is 0.351 e. The van der Waals surface area contributed by atoms with Crippen LogP contribution in [0.4, 0.5) is 0 Å². The zero-order valence-electron chi connectivity index (χ0n) is 17.9. The third kappa shape index (κ3) is 4.73. The molecule has 2 heterocycles. The molecule has 3 aromatic rings. The summed E-state index contributed by atoms with van der Waals surface area (Å²) in [7, 11) is 0. The van der Waals surface area contributed by atoms with Gasteiger partial charge < -0.3 is 9.88 Å². The van der Waals surface area contributed by atoms with Crippen molar-refractivity contribution in [3.8, 4) is 0 Å². The molecule has 2 aromatic carbocycles. The van der Waals surface area contributed by atoms with Crippen LogP contribution in [0.15, 0.2) is 55.0 Å². The van der Waals surface area contributed by atoms with E-state index in [1.807, 2.05) is 30.5 Å². The first-order valence-corrected chi connectivity index (χ1v) is 11.2. The molecule has 1 aliphatic heterocycles. The highest BCUT2D eigenvalue weighted by Gasteiger charge is 2.29. The first kappa shape index (κ1) is 20.6. The number of aromatic nitrogens is 2. The Balaban J connectivity index is 1.43. The van der Waals surface area contributed by atoms with Crippen LogP contribution in [0.2, 0.25) is 0 Å². The van der Waals surface area contributed by atoms with Crippen molar-refractivity contribution in [2.24, 2.45) is 0 Å². The number of carbonyl (C=O) groups excluding carboxylic acids is 1. The van der Waals surface area contributed by atoms with Crippen molar-refractivity contribution in [3.63, 3.8) is 0 Å². The van der Waals surface area contributed by atoms with Crippen molar-refractivity contribution >= 4 is 16.7 Å². The van der Waals surface area contributed by atoms with E-state index in [-0.39, 0.29) is 5.91 Å². The fourth-order valence-corrected chi connectivity index (χ4v) is 4.56. The van der Waals surface area contributed by atoms with Crippen molar-refractivity contribution in [2.45, 2.75) is 45.1 Å². The van der Waals surface area contributed by atoms with Crippen molar-refractivity contribution < 1.29 is 4.79 Å². The number of unbranched alkanes of at least 4 members (excludes halogenated alkanes) is 1. The van der Waals surface area contributed by atoms with Crippen LogP contribution in [0.3, 0.4) is 0 Å². The number of nitrogens with zero attached hydrogens (tertiary/aromatic N) is 3. The molecule has 30 heavy (non-hydrogen) atoms. The number of aromatic amines is 1. The topological polar surface area (TPSA) is 52.2 Å². The Morgan fingerprint density at radius 2 is 2.00 bits per heavy atom. The maximum atomic E-state index is 13.4. The van der Waals surface area contributed by atoms with E-state index in [1.165, 1.54) is 12.8 Å². The third-order valence-corrected chi connectivity index (χ3v) is 6.24. The second kappa shape index (κ2) is 9.90. The fourth-order valence-electron chi connectivity index (χ4n) is 4.56. The second-order valence-corrected chi connectivity index (χ2v) is 8.27. The number of carbonyl (C=O) groups is 1. The van der Waals surface area contributed by atoms with Gasteiger partial charge in [-0.25, -0.2) is 4.98 Å². The molecule has 1 atom stereocenters. The van der Waals surface area contributed by atoms with Gasteiger partial charge in [-0.05, 0) is 42.6 Å². The van der Waals surface area contributed by atoms with Crippen LogP contribution < -0.4 is 0 Å². The van der Waals surface area contributed by atoms with E-state index in [2.05, 4.69) is 44.9 Å². The predicted octanol–water partition coefficient (Wildman–Crippen LogP) is 4.51.